The monoisotopic (exact) mass is 445 g/mol. The average Bonchev–Trinajstić information content (AvgIpc) is 3.63. The van der Waals surface area contributed by atoms with Crippen molar-refractivity contribution in [3.8, 4) is 34.1 Å². The van der Waals surface area contributed by atoms with Crippen LogP contribution in [0, 0.1) is 0 Å². The highest BCUT2D eigenvalue weighted by molar-refractivity contribution is 5.72. The van der Waals surface area contributed by atoms with E-state index in [-0.39, 0.29) is 5.75 Å². The highest BCUT2D eigenvalue weighted by Crippen LogP contribution is 2.39. The number of phenols is 1. The highest BCUT2D eigenvalue weighted by atomic mass is 16.5. The van der Waals surface area contributed by atoms with Gasteiger partial charge in [-0.1, -0.05) is 6.07 Å². The third kappa shape index (κ3) is 3.97. The van der Waals surface area contributed by atoms with Crippen molar-refractivity contribution in [2.45, 2.75) is 62.7 Å². The lowest BCUT2D eigenvalue weighted by molar-refractivity contribution is 0.343. The molecule has 1 saturated carbocycles. The number of nitrogens with zero attached hydrogens (tertiary/aromatic N) is 6. The van der Waals surface area contributed by atoms with Crippen LogP contribution >= 0.6 is 0 Å². The van der Waals surface area contributed by atoms with E-state index in [1.807, 2.05) is 12.3 Å². The average molecular weight is 446 g/mol. The molecule has 3 atom stereocenters. The standard InChI is InChI=1S/C24H27N7O2/c1-33-23-9-15(12-26-29-23)14-2-7-20(21(32)8-14)24-25-13-22(28-30-24)31(18-5-6-18)19-10-16-3-4-17(11-19)27-16/h2,7-9,12-13,16-19,27,32H,3-6,10-11H2,1H3/t16-,17+,19?. The molecule has 170 valence electrons. The third-order valence-corrected chi connectivity index (χ3v) is 7.01. The largest absolute Gasteiger partial charge is 0.507 e. The van der Waals surface area contributed by atoms with Gasteiger partial charge >= 0.3 is 0 Å². The molecular weight excluding hydrogens is 418 g/mol. The summed E-state index contributed by atoms with van der Waals surface area (Å²) in [6.45, 7) is 0. The van der Waals surface area contributed by atoms with Crippen LogP contribution in [0.1, 0.15) is 38.5 Å². The molecule has 2 saturated heterocycles. The van der Waals surface area contributed by atoms with Crippen molar-refractivity contribution in [2.24, 2.45) is 0 Å². The predicted molar refractivity (Wildman–Crippen MR) is 123 cm³/mol. The number of piperidine rings is 1. The summed E-state index contributed by atoms with van der Waals surface area (Å²) >= 11 is 0. The first-order chi connectivity index (χ1) is 16.2. The first-order valence-corrected chi connectivity index (χ1v) is 11.6. The fraction of sp³-hybridized carbons (Fsp3) is 0.458. The molecule has 2 N–H and O–H groups in total. The van der Waals surface area contributed by atoms with Crippen LogP contribution in [0.4, 0.5) is 5.82 Å². The molecule has 2 aromatic heterocycles. The van der Waals surface area contributed by atoms with Crippen molar-refractivity contribution in [1.29, 1.82) is 0 Å². The topological polar surface area (TPSA) is 109 Å². The first kappa shape index (κ1) is 20.3. The van der Waals surface area contributed by atoms with Crippen LogP contribution in [-0.2, 0) is 0 Å². The number of hydrogen-bond donors (Lipinski definition) is 2. The van der Waals surface area contributed by atoms with E-state index in [1.54, 1.807) is 31.5 Å². The number of anilines is 1. The van der Waals surface area contributed by atoms with E-state index in [4.69, 9.17) is 4.74 Å². The van der Waals surface area contributed by atoms with Gasteiger partial charge in [0.1, 0.15) is 5.75 Å². The summed E-state index contributed by atoms with van der Waals surface area (Å²) in [6, 6.07) is 9.44. The Morgan fingerprint density at radius 1 is 0.939 bits per heavy atom. The Morgan fingerprint density at radius 3 is 2.42 bits per heavy atom. The van der Waals surface area contributed by atoms with Crippen molar-refractivity contribution in [3.63, 3.8) is 0 Å². The second-order valence-corrected chi connectivity index (χ2v) is 9.26. The van der Waals surface area contributed by atoms with Crippen molar-refractivity contribution < 1.29 is 9.84 Å². The van der Waals surface area contributed by atoms with Gasteiger partial charge in [0.05, 0.1) is 25.1 Å². The van der Waals surface area contributed by atoms with Gasteiger partial charge in [-0.2, -0.15) is 5.10 Å². The Hall–Kier alpha value is -3.33. The molecule has 2 aliphatic heterocycles. The van der Waals surface area contributed by atoms with Crippen LogP contribution in [-0.4, -0.2) is 61.8 Å². The molecule has 2 bridgehead atoms. The predicted octanol–water partition coefficient (Wildman–Crippen LogP) is 2.96. The van der Waals surface area contributed by atoms with Crippen LogP contribution in [0.3, 0.4) is 0 Å². The Labute approximate surface area is 192 Å². The maximum atomic E-state index is 10.7. The lowest BCUT2D eigenvalue weighted by atomic mass is 9.98. The fourth-order valence-corrected chi connectivity index (χ4v) is 5.30. The van der Waals surface area contributed by atoms with Crippen LogP contribution < -0.4 is 15.0 Å². The number of nitrogens with one attached hydrogen (secondary N) is 1. The van der Waals surface area contributed by atoms with E-state index < -0.39 is 0 Å². The Balaban J connectivity index is 1.24. The summed E-state index contributed by atoms with van der Waals surface area (Å²) in [5.74, 6) is 1.76. The third-order valence-electron chi connectivity index (χ3n) is 7.01. The normalized spacial score (nSPS) is 24.0. The van der Waals surface area contributed by atoms with Gasteiger partial charge in [-0.3, -0.25) is 0 Å². The molecule has 33 heavy (non-hydrogen) atoms. The molecule has 3 fully saturated rings. The summed E-state index contributed by atoms with van der Waals surface area (Å²) in [5, 5.41) is 31.2. The lowest BCUT2D eigenvalue weighted by Crippen LogP contribution is -2.49. The molecule has 9 heteroatoms. The number of methoxy groups -OCH3 is 1. The van der Waals surface area contributed by atoms with E-state index in [2.05, 4.69) is 35.6 Å². The van der Waals surface area contributed by atoms with E-state index in [0.717, 1.165) is 29.8 Å². The van der Waals surface area contributed by atoms with Gasteiger partial charge in [0, 0.05) is 35.8 Å². The van der Waals surface area contributed by atoms with Crippen molar-refractivity contribution in [2.75, 3.05) is 12.0 Å². The van der Waals surface area contributed by atoms with Crippen LogP contribution in [0.5, 0.6) is 11.6 Å². The number of aromatic hydroxyl groups is 1. The van der Waals surface area contributed by atoms with E-state index >= 15 is 0 Å². The minimum absolute atomic E-state index is 0.0896. The molecule has 3 aliphatic rings. The maximum absolute atomic E-state index is 10.7. The Kier molecular flexibility index (Phi) is 5.05. The second kappa shape index (κ2) is 8.22. The zero-order valence-corrected chi connectivity index (χ0v) is 18.6. The van der Waals surface area contributed by atoms with E-state index in [0.29, 0.717) is 41.4 Å². The molecule has 1 aliphatic carbocycles. The zero-order valence-electron chi connectivity index (χ0n) is 18.6. The van der Waals surface area contributed by atoms with Crippen LogP contribution in [0.25, 0.3) is 22.5 Å². The highest BCUT2D eigenvalue weighted by Gasteiger charge is 2.41. The molecule has 1 aromatic carbocycles. The van der Waals surface area contributed by atoms with Crippen molar-refractivity contribution in [3.05, 3.63) is 36.7 Å². The smallest absolute Gasteiger partial charge is 0.233 e. The van der Waals surface area contributed by atoms with Gasteiger partial charge < -0.3 is 20.1 Å². The van der Waals surface area contributed by atoms with Gasteiger partial charge in [0.2, 0.25) is 5.88 Å². The van der Waals surface area contributed by atoms with E-state index in [1.165, 1.54) is 25.7 Å². The van der Waals surface area contributed by atoms with E-state index in [9.17, 15) is 5.11 Å². The second-order valence-electron chi connectivity index (χ2n) is 9.26. The molecule has 0 amide bonds. The maximum Gasteiger partial charge on any atom is 0.233 e. The van der Waals surface area contributed by atoms with Crippen LogP contribution in [0.2, 0.25) is 0 Å². The molecule has 6 rings (SSSR count). The zero-order chi connectivity index (χ0) is 22.4. The van der Waals surface area contributed by atoms with Crippen molar-refractivity contribution in [1.82, 2.24) is 30.7 Å². The summed E-state index contributed by atoms with van der Waals surface area (Å²) in [6.07, 6.45) is 10.7. The summed E-state index contributed by atoms with van der Waals surface area (Å²) in [7, 11) is 1.54. The minimum atomic E-state index is 0.0896. The summed E-state index contributed by atoms with van der Waals surface area (Å²) < 4.78 is 5.14. The number of benzene rings is 1. The molecule has 0 radical (unpaired) electrons. The Bertz CT molecular complexity index is 1140. The van der Waals surface area contributed by atoms with Gasteiger partial charge in [-0.05, 0) is 56.2 Å². The summed E-state index contributed by atoms with van der Waals surface area (Å²) in [5.41, 5.74) is 2.15. The van der Waals surface area contributed by atoms with Gasteiger partial charge in [-0.25, -0.2) is 4.98 Å². The quantitative estimate of drug-likeness (QED) is 0.592. The van der Waals surface area contributed by atoms with Gasteiger partial charge in [0.25, 0.3) is 0 Å². The summed E-state index contributed by atoms with van der Waals surface area (Å²) in [4.78, 5) is 7.05. The molecule has 9 nitrogen and oxygen atoms in total. The number of hydrogen-bond acceptors (Lipinski definition) is 9. The fourth-order valence-electron chi connectivity index (χ4n) is 5.30. The van der Waals surface area contributed by atoms with Gasteiger partial charge in [0.15, 0.2) is 11.6 Å². The Morgan fingerprint density at radius 2 is 1.76 bits per heavy atom. The van der Waals surface area contributed by atoms with Crippen LogP contribution in [0.15, 0.2) is 36.7 Å². The minimum Gasteiger partial charge on any atom is -0.507 e. The lowest BCUT2D eigenvalue weighted by Gasteiger charge is -2.38. The number of ether oxygens (including phenoxy) is 1. The number of fused-ring (bicyclic) bond motifs is 2. The molecule has 4 heterocycles. The number of phenolic OH excluding ortho intramolecular Hbond substituents is 1. The van der Waals surface area contributed by atoms with Gasteiger partial charge in [-0.15, -0.1) is 15.3 Å². The molecular formula is C24H27N7O2. The number of rotatable bonds is 6. The molecule has 3 aromatic rings. The molecule has 0 spiro atoms. The SMILES string of the molecule is COc1cc(-c2ccc(-c3ncc(N(C4CC4)C4C[C@H]5CC[C@@H](C4)N5)nn3)c(O)c2)cnn1. The number of aromatic nitrogens is 5. The van der Waals surface area contributed by atoms with Crippen molar-refractivity contribution >= 4 is 5.82 Å². The molecule has 1 unspecified atom stereocenters. The first-order valence-electron chi connectivity index (χ1n) is 11.6.